The Morgan fingerprint density at radius 3 is 2.43 bits per heavy atom. The summed E-state index contributed by atoms with van der Waals surface area (Å²) in [5, 5.41) is 2.96. The lowest BCUT2D eigenvalue weighted by Gasteiger charge is -2.37. The number of nitrogens with one attached hydrogen (secondary N) is 1. The fraction of sp³-hybridized carbons (Fsp3) is 0.417. The van der Waals surface area contributed by atoms with E-state index < -0.39 is 5.54 Å². The van der Waals surface area contributed by atoms with Gasteiger partial charge >= 0.3 is 6.03 Å². The highest BCUT2D eigenvalue weighted by Crippen LogP contribution is 2.32. The Morgan fingerprint density at radius 2 is 1.67 bits per heavy atom. The van der Waals surface area contributed by atoms with Crippen molar-refractivity contribution in [2.45, 2.75) is 31.7 Å². The largest absolute Gasteiger partial charge is 0.369 e. The van der Waals surface area contributed by atoms with Gasteiger partial charge < -0.3 is 10.2 Å². The van der Waals surface area contributed by atoms with Gasteiger partial charge in [0.1, 0.15) is 5.54 Å². The zero-order chi connectivity index (χ0) is 20.7. The lowest BCUT2D eigenvalue weighted by molar-refractivity contribution is -0.132. The maximum absolute atomic E-state index is 13.3. The maximum atomic E-state index is 13.3. The number of aryl methyl sites for hydroxylation is 2. The van der Waals surface area contributed by atoms with E-state index in [0.717, 1.165) is 51.0 Å². The summed E-state index contributed by atoms with van der Waals surface area (Å²) >= 11 is 0. The molecule has 3 aliphatic rings. The Hall–Kier alpha value is -2.86. The number of hydrogen-bond donors (Lipinski definition) is 1. The van der Waals surface area contributed by atoms with Gasteiger partial charge in [0, 0.05) is 31.9 Å². The Bertz CT molecular complexity index is 968. The van der Waals surface area contributed by atoms with E-state index in [1.165, 1.54) is 21.7 Å². The lowest BCUT2D eigenvalue weighted by atomic mass is 9.90. The predicted molar refractivity (Wildman–Crippen MR) is 116 cm³/mol. The molecule has 1 unspecified atom stereocenters. The first kappa shape index (κ1) is 19.1. The SMILES string of the molecule is CC1(c2ccc3c(c2)CCC3)NC(=O)N(CN2CCN(c3ccccc3)CC2)C1=O. The highest BCUT2D eigenvalue weighted by molar-refractivity contribution is 6.07. The van der Waals surface area contributed by atoms with Crippen LogP contribution in [0.3, 0.4) is 0 Å². The van der Waals surface area contributed by atoms with Crippen molar-refractivity contribution in [1.82, 2.24) is 15.1 Å². The van der Waals surface area contributed by atoms with Crippen molar-refractivity contribution >= 4 is 17.6 Å². The molecule has 3 amide bonds. The van der Waals surface area contributed by atoms with Crippen LogP contribution in [0.2, 0.25) is 0 Å². The van der Waals surface area contributed by atoms with E-state index in [1.807, 2.05) is 19.1 Å². The summed E-state index contributed by atoms with van der Waals surface area (Å²) in [6.45, 7) is 5.58. The lowest BCUT2D eigenvalue weighted by Crippen LogP contribution is -2.51. The molecule has 5 rings (SSSR count). The number of urea groups is 1. The molecule has 0 spiro atoms. The van der Waals surface area contributed by atoms with Gasteiger partial charge in [-0.25, -0.2) is 9.69 Å². The predicted octanol–water partition coefficient (Wildman–Crippen LogP) is 2.72. The molecule has 2 fully saturated rings. The molecule has 1 aliphatic carbocycles. The zero-order valence-corrected chi connectivity index (χ0v) is 17.4. The van der Waals surface area contributed by atoms with Gasteiger partial charge in [0.25, 0.3) is 5.91 Å². The number of amides is 3. The first-order valence-electron chi connectivity index (χ1n) is 10.8. The van der Waals surface area contributed by atoms with Gasteiger partial charge in [0.15, 0.2) is 0 Å². The Morgan fingerprint density at radius 1 is 0.933 bits per heavy atom. The van der Waals surface area contributed by atoms with E-state index >= 15 is 0 Å². The third kappa shape index (κ3) is 3.25. The van der Waals surface area contributed by atoms with Gasteiger partial charge in [-0.1, -0.05) is 36.4 Å². The fourth-order valence-electron chi connectivity index (χ4n) is 4.89. The van der Waals surface area contributed by atoms with Crippen LogP contribution in [0, 0.1) is 0 Å². The number of benzene rings is 2. The van der Waals surface area contributed by atoms with E-state index in [9.17, 15) is 9.59 Å². The van der Waals surface area contributed by atoms with E-state index in [-0.39, 0.29) is 11.9 Å². The van der Waals surface area contributed by atoms with Gasteiger partial charge in [-0.2, -0.15) is 0 Å². The zero-order valence-electron chi connectivity index (χ0n) is 17.4. The Labute approximate surface area is 177 Å². The third-order valence-corrected chi connectivity index (χ3v) is 6.79. The fourth-order valence-corrected chi connectivity index (χ4v) is 4.89. The van der Waals surface area contributed by atoms with Crippen LogP contribution in [0.4, 0.5) is 10.5 Å². The number of hydrogen-bond acceptors (Lipinski definition) is 4. The number of rotatable bonds is 4. The first-order chi connectivity index (χ1) is 14.5. The highest BCUT2D eigenvalue weighted by Gasteiger charge is 2.49. The smallest absolute Gasteiger partial charge is 0.326 e. The highest BCUT2D eigenvalue weighted by atomic mass is 16.2. The molecule has 2 aliphatic heterocycles. The molecule has 2 aromatic rings. The summed E-state index contributed by atoms with van der Waals surface area (Å²) in [5.74, 6) is -0.157. The number of nitrogens with zero attached hydrogens (tertiary/aromatic N) is 3. The van der Waals surface area contributed by atoms with Gasteiger partial charge in [-0.05, 0) is 55.0 Å². The number of para-hydroxylation sites is 1. The maximum Gasteiger partial charge on any atom is 0.326 e. The Balaban J connectivity index is 1.26. The number of piperazine rings is 1. The molecule has 156 valence electrons. The van der Waals surface area contributed by atoms with Crippen LogP contribution in [-0.2, 0) is 23.2 Å². The molecular weight excluding hydrogens is 376 g/mol. The van der Waals surface area contributed by atoms with Crippen LogP contribution < -0.4 is 10.2 Å². The van der Waals surface area contributed by atoms with Crippen LogP contribution in [-0.4, -0.2) is 54.6 Å². The quantitative estimate of drug-likeness (QED) is 0.797. The van der Waals surface area contributed by atoms with Crippen molar-refractivity contribution in [2.24, 2.45) is 0 Å². The van der Waals surface area contributed by atoms with Crippen molar-refractivity contribution in [3.8, 4) is 0 Å². The second kappa shape index (κ2) is 7.43. The minimum Gasteiger partial charge on any atom is -0.369 e. The van der Waals surface area contributed by atoms with Crippen molar-refractivity contribution in [2.75, 3.05) is 37.7 Å². The van der Waals surface area contributed by atoms with Crippen LogP contribution >= 0.6 is 0 Å². The monoisotopic (exact) mass is 404 g/mol. The second-order valence-electron chi connectivity index (χ2n) is 8.71. The number of anilines is 1. The summed E-state index contributed by atoms with van der Waals surface area (Å²) < 4.78 is 0. The molecule has 0 radical (unpaired) electrons. The van der Waals surface area contributed by atoms with E-state index in [1.54, 1.807) is 0 Å². The van der Waals surface area contributed by atoms with Gasteiger partial charge in [0.2, 0.25) is 0 Å². The second-order valence-corrected chi connectivity index (χ2v) is 8.71. The Kier molecular flexibility index (Phi) is 4.74. The molecule has 0 aromatic heterocycles. The van der Waals surface area contributed by atoms with Crippen molar-refractivity contribution in [1.29, 1.82) is 0 Å². The van der Waals surface area contributed by atoms with Crippen molar-refractivity contribution in [3.05, 3.63) is 65.2 Å². The molecule has 2 saturated heterocycles. The average molecular weight is 405 g/mol. The molecular formula is C24H28N4O2. The van der Waals surface area contributed by atoms with Gasteiger partial charge in [-0.3, -0.25) is 9.69 Å². The van der Waals surface area contributed by atoms with Crippen LogP contribution in [0.25, 0.3) is 0 Å². The molecule has 2 heterocycles. The van der Waals surface area contributed by atoms with Crippen LogP contribution in [0.5, 0.6) is 0 Å². The molecule has 6 nitrogen and oxygen atoms in total. The summed E-state index contributed by atoms with van der Waals surface area (Å²) in [6.07, 6.45) is 3.32. The molecule has 6 heteroatoms. The van der Waals surface area contributed by atoms with E-state index in [0.29, 0.717) is 6.67 Å². The van der Waals surface area contributed by atoms with Crippen molar-refractivity contribution < 1.29 is 9.59 Å². The third-order valence-electron chi connectivity index (χ3n) is 6.79. The number of carbonyl (C=O) groups excluding carboxylic acids is 2. The summed E-state index contributed by atoms with van der Waals surface area (Å²) in [6, 6.07) is 16.3. The summed E-state index contributed by atoms with van der Waals surface area (Å²) in [7, 11) is 0. The van der Waals surface area contributed by atoms with E-state index in [4.69, 9.17) is 0 Å². The van der Waals surface area contributed by atoms with Crippen LogP contribution in [0.15, 0.2) is 48.5 Å². The normalized spacial score (nSPS) is 24.3. The molecule has 0 saturated carbocycles. The average Bonchev–Trinajstić information content (AvgIpc) is 3.33. The number of fused-ring (bicyclic) bond motifs is 1. The molecule has 1 atom stereocenters. The standard InChI is InChI=1S/C24H28N4O2/c1-24(20-11-10-18-6-5-7-19(18)16-20)22(29)28(23(30)25-24)17-26-12-14-27(15-13-26)21-8-3-2-4-9-21/h2-4,8-11,16H,5-7,12-15,17H2,1H3,(H,25,30). The minimum absolute atomic E-state index is 0.157. The summed E-state index contributed by atoms with van der Waals surface area (Å²) in [4.78, 5) is 31.9. The molecule has 0 bridgehead atoms. The molecule has 30 heavy (non-hydrogen) atoms. The minimum atomic E-state index is -0.986. The number of imide groups is 1. The van der Waals surface area contributed by atoms with Gasteiger partial charge in [0.05, 0.1) is 6.67 Å². The topological polar surface area (TPSA) is 55.9 Å². The van der Waals surface area contributed by atoms with Gasteiger partial charge in [-0.15, -0.1) is 0 Å². The van der Waals surface area contributed by atoms with Crippen molar-refractivity contribution in [3.63, 3.8) is 0 Å². The van der Waals surface area contributed by atoms with Crippen LogP contribution in [0.1, 0.15) is 30.0 Å². The summed E-state index contributed by atoms with van der Waals surface area (Å²) in [5.41, 5.74) is 3.80. The first-order valence-corrected chi connectivity index (χ1v) is 10.8. The molecule has 2 aromatic carbocycles. The number of carbonyl (C=O) groups is 2. The molecule has 1 N–H and O–H groups in total. The van der Waals surface area contributed by atoms with E-state index in [2.05, 4.69) is 51.5 Å².